The molecule has 4 heterocycles. The first kappa shape index (κ1) is 42.3. The number of nitrogens with one attached hydrogen (secondary N) is 4. The molecule has 3 saturated heterocycles. The lowest BCUT2D eigenvalue weighted by Crippen LogP contribution is -2.37. The number of H-pyrrole nitrogens is 1. The van der Waals surface area contributed by atoms with Crippen LogP contribution in [-0.4, -0.2) is 107 Å². The van der Waals surface area contributed by atoms with Gasteiger partial charge in [0.1, 0.15) is 18.3 Å². The van der Waals surface area contributed by atoms with Gasteiger partial charge >= 0.3 is 41.2 Å². The van der Waals surface area contributed by atoms with Crippen LogP contribution in [0.1, 0.15) is 57.6 Å². The Balaban J connectivity index is 1.08. The molecule has 0 bridgehead atoms. The molecule has 0 saturated carbocycles. The van der Waals surface area contributed by atoms with Gasteiger partial charge in [-0.1, -0.05) is 12.8 Å². The molecule has 1 aromatic rings. The third-order valence-electron chi connectivity index (χ3n) is 7.95. The van der Waals surface area contributed by atoms with Gasteiger partial charge in [-0.2, -0.15) is 20.4 Å². The van der Waals surface area contributed by atoms with Crippen molar-refractivity contribution in [1.29, 1.82) is 0 Å². The first-order valence-corrected chi connectivity index (χ1v) is 21.4. The van der Waals surface area contributed by atoms with Crippen molar-refractivity contribution >= 4 is 53.1 Å². The Bertz CT molecular complexity index is 1710. The summed E-state index contributed by atoms with van der Waals surface area (Å²) in [4.78, 5) is 90.0. The van der Waals surface area contributed by atoms with E-state index in [2.05, 4.69) is 33.6 Å². The topological polar surface area (TPSA) is 341 Å². The van der Waals surface area contributed by atoms with Crippen LogP contribution in [0, 0.1) is 0 Å². The van der Waals surface area contributed by atoms with E-state index in [9.17, 15) is 62.6 Å². The van der Waals surface area contributed by atoms with Crippen LogP contribution >= 0.6 is 35.2 Å². The zero-order valence-electron chi connectivity index (χ0n) is 27.2. The van der Waals surface area contributed by atoms with E-state index in [-0.39, 0.29) is 30.4 Å². The van der Waals surface area contributed by atoms with Gasteiger partial charge < -0.3 is 45.2 Å². The normalized spacial score (nSPS) is 28.9. The third-order valence-corrected chi connectivity index (χ3v) is 13.7. The molecule has 10 unspecified atom stereocenters. The van der Waals surface area contributed by atoms with Crippen molar-refractivity contribution in [2.75, 3.05) is 18.9 Å². The molecule has 23 nitrogen and oxygen atoms in total. The van der Waals surface area contributed by atoms with Crippen molar-refractivity contribution in [3.8, 4) is 0 Å². The van der Waals surface area contributed by atoms with Gasteiger partial charge in [-0.25, -0.2) is 23.3 Å². The summed E-state index contributed by atoms with van der Waals surface area (Å²) in [5.74, 6) is -0.600. The summed E-state index contributed by atoms with van der Waals surface area (Å²) in [6.45, 7) is -0.788. The quantitative estimate of drug-likeness (QED) is 0.0452. The van der Waals surface area contributed by atoms with Gasteiger partial charge in [0, 0.05) is 42.7 Å². The number of phosphoric acid groups is 3. The van der Waals surface area contributed by atoms with E-state index in [1.165, 1.54) is 0 Å². The van der Waals surface area contributed by atoms with Crippen LogP contribution in [0.3, 0.4) is 0 Å². The third kappa shape index (κ3) is 12.6. The molecule has 1 aromatic heterocycles. The Morgan fingerprint density at radius 3 is 2.38 bits per heavy atom. The lowest BCUT2D eigenvalue weighted by Gasteiger charge is -2.20. The second-order valence-corrected chi connectivity index (χ2v) is 17.8. The highest BCUT2D eigenvalue weighted by Crippen LogP contribution is 2.67. The smallest absolute Gasteiger partial charge is 0.387 e. The molecule has 3 aliphatic heterocycles. The zero-order chi connectivity index (χ0) is 38.3. The van der Waals surface area contributed by atoms with Crippen molar-refractivity contribution in [3.05, 3.63) is 33.1 Å². The van der Waals surface area contributed by atoms with Crippen LogP contribution in [0.5, 0.6) is 0 Å². The second-order valence-electron chi connectivity index (χ2n) is 11.9. The number of ether oxygens (including phenoxy) is 1. The summed E-state index contributed by atoms with van der Waals surface area (Å²) in [6.07, 6.45) is -2.66. The number of nitrogens with zero attached hydrogens (tertiary/aromatic N) is 1. The number of aromatic nitrogens is 2. The van der Waals surface area contributed by atoms with E-state index in [4.69, 9.17) is 4.74 Å². The zero-order valence-corrected chi connectivity index (χ0v) is 30.7. The first-order valence-electron chi connectivity index (χ1n) is 15.9. The Kier molecular flexibility index (Phi) is 14.9. The molecule has 4 rings (SSSR count). The lowest BCUT2D eigenvalue weighted by molar-refractivity contribution is -0.135. The molecule has 3 aliphatic rings. The minimum atomic E-state index is -5.94. The van der Waals surface area contributed by atoms with Gasteiger partial charge in [-0.15, -0.1) is 0 Å². The van der Waals surface area contributed by atoms with Crippen LogP contribution in [0.4, 0.5) is 4.79 Å². The fraction of sp³-hybridized carbons (Fsp3) is 0.720. The van der Waals surface area contributed by atoms with Gasteiger partial charge in [0.25, 0.3) is 5.56 Å². The Morgan fingerprint density at radius 2 is 1.65 bits per heavy atom. The molecule has 52 heavy (non-hydrogen) atoms. The fourth-order valence-corrected chi connectivity index (χ4v) is 10.6. The molecule has 0 aliphatic carbocycles. The van der Waals surface area contributed by atoms with Crippen molar-refractivity contribution < 1.29 is 75.4 Å². The number of fused-ring (bicyclic) bond motifs is 1. The van der Waals surface area contributed by atoms with Gasteiger partial charge in [0.15, 0.2) is 6.23 Å². The van der Waals surface area contributed by atoms with Gasteiger partial charge in [0.2, 0.25) is 5.91 Å². The van der Waals surface area contributed by atoms with Crippen molar-refractivity contribution in [2.24, 2.45) is 0 Å². The molecule has 294 valence electrons. The number of carbonyl (C=O) groups is 3. The molecule has 3 fully saturated rings. The van der Waals surface area contributed by atoms with Crippen molar-refractivity contribution in [2.45, 2.75) is 93.2 Å². The van der Waals surface area contributed by atoms with Crippen LogP contribution in [0.2, 0.25) is 0 Å². The van der Waals surface area contributed by atoms with Crippen LogP contribution < -0.4 is 27.2 Å². The van der Waals surface area contributed by atoms with E-state index in [1.54, 1.807) is 11.8 Å². The number of phosphoric ester groups is 2. The van der Waals surface area contributed by atoms with Crippen molar-refractivity contribution in [3.63, 3.8) is 0 Å². The van der Waals surface area contributed by atoms with Crippen molar-refractivity contribution in [1.82, 2.24) is 25.5 Å². The summed E-state index contributed by atoms with van der Waals surface area (Å²) in [5.41, 5.74) is -1.79. The number of aliphatic hydroxyl groups is 2. The molecule has 9 N–H and O–H groups in total. The number of hydrogen-bond donors (Lipinski definition) is 9. The highest BCUT2D eigenvalue weighted by Gasteiger charge is 2.48. The van der Waals surface area contributed by atoms with E-state index in [1.807, 2.05) is 4.98 Å². The van der Waals surface area contributed by atoms with Gasteiger partial charge in [0.05, 0.1) is 18.7 Å². The predicted molar refractivity (Wildman–Crippen MR) is 176 cm³/mol. The lowest BCUT2D eigenvalue weighted by atomic mass is 10.0. The molecule has 10 atom stereocenters. The number of urea groups is 1. The number of unbranched alkanes of at least 4 members (excludes halogenated alkanes) is 3. The molecule has 3 amide bonds. The minimum absolute atomic E-state index is 0.111. The van der Waals surface area contributed by atoms with E-state index in [0.717, 1.165) is 30.9 Å². The molecule has 0 radical (unpaired) electrons. The molecule has 0 aromatic carbocycles. The number of carbonyl (C=O) groups excluding carboxylic acids is 3. The maximum atomic E-state index is 12.2. The average molecular weight is 824 g/mol. The summed E-state index contributed by atoms with van der Waals surface area (Å²) in [5, 5.41) is 29.3. The van der Waals surface area contributed by atoms with E-state index in [0.29, 0.717) is 42.0 Å². The van der Waals surface area contributed by atoms with Crippen LogP contribution in [0.25, 0.3) is 0 Å². The Hall–Kier alpha value is -2.43. The summed E-state index contributed by atoms with van der Waals surface area (Å²) in [6, 6.07) is 1.02. The SMILES string of the molecule is O=C(CCCCC1SCC2NC(=O)NC21)NCCCCCC(=O)OP(=O)(O)OP(=O)(O)OP(=O)(O)OCC1OC(n2ccc(=O)[nH]c2=O)C(O)C1O. The fourth-order valence-electron chi connectivity index (χ4n) is 5.54. The maximum Gasteiger partial charge on any atom is 0.538 e. The number of aliphatic hydroxyl groups excluding tert-OH is 2. The number of aromatic amines is 1. The highest BCUT2D eigenvalue weighted by atomic mass is 32.2. The molecular formula is C25H40N5O18P3S. The predicted octanol–water partition coefficient (Wildman–Crippen LogP) is -0.548. The maximum absolute atomic E-state index is 12.2. The molecule has 27 heteroatoms. The van der Waals surface area contributed by atoms with Gasteiger partial charge in [-0.05, 0) is 25.7 Å². The van der Waals surface area contributed by atoms with Gasteiger partial charge in [-0.3, -0.25) is 33.4 Å². The number of hydrogen-bond acceptors (Lipinski definition) is 16. The summed E-state index contributed by atoms with van der Waals surface area (Å²) in [7, 11) is -17.3. The van der Waals surface area contributed by atoms with E-state index >= 15 is 0 Å². The summed E-state index contributed by atoms with van der Waals surface area (Å²) < 4.78 is 58.9. The average Bonchev–Trinajstić information content (AvgIpc) is 3.66. The number of rotatable bonds is 20. The standard InChI is InChI=1S/C25H40N5O18P3S/c31-17(7-4-3-6-16-20-14(13-52-16)27-24(36)29-20)26-10-5-1-2-8-19(33)46-50(40,41)48-51(42,43)47-49(38,39)44-12-15-21(34)22(35)23(45-15)30-11-9-18(32)28-25(30)37/h9,11,14-16,20-23,34-35H,1-8,10,12-13H2,(H,26,31)(H,38,39)(H,40,41)(H,42,43)(H2,27,29,36)(H,28,32,37). The Morgan fingerprint density at radius 1 is 0.942 bits per heavy atom. The second kappa shape index (κ2) is 18.3. The monoisotopic (exact) mass is 823 g/mol. The van der Waals surface area contributed by atoms with Crippen LogP contribution in [-0.2, 0) is 45.7 Å². The molecular weight excluding hydrogens is 783 g/mol. The largest absolute Gasteiger partial charge is 0.538 e. The van der Waals surface area contributed by atoms with E-state index < -0.39 is 78.3 Å². The number of amides is 3. The van der Waals surface area contributed by atoms with Crippen LogP contribution in [0.15, 0.2) is 21.9 Å². The Labute approximate surface area is 298 Å². The molecule has 0 spiro atoms. The summed E-state index contributed by atoms with van der Waals surface area (Å²) >= 11 is 1.80. The highest BCUT2D eigenvalue weighted by molar-refractivity contribution is 8.00. The first-order chi connectivity index (χ1) is 24.3. The number of thioether (sulfide) groups is 1. The minimum Gasteiger partial charge on any atom is -0.387 e.